The van der Waals surface area contributed by atoms with E-state index in [2.05, 4.69) is 4.98 Å². The monoisotopic (exact) mass is 418 g/mol. The summed E-state index contributed by atoms with van der Waals surface area (Å²) in [6.45, 7) is 2.01. The van der Waals surface area contributed by atoms with E-state index in [1.54, 1.807) is 6.20 Å². The van der Waals surface area contributed by atoms with Crippen LogP contribution in [0.2, 0.25) is 0 Å². The van der Waals surface area contributed by atoms with Crippen LogP contribution < -0.4 is 4.90 Å². The summed E-state index contributed by atoms with van der Waals surface area (Å²) in [4.78, 5) is 18.7. The minimum absolute atomic E-state index is 0.100. The summed E-state index contributed by atoms with van der Waals surface area (Å²) in [6, 6.07) is 18.7. The van der Waals surface area contributed by atoms with Gasteiger partial charge in [0.15, 0.2) is 0 Å². The van der Waals surface area contributed by atoms with E-state index in [0.717, 1.165) is 34.2 Å². The number of anilines is 2. The first-order chi connectivity index (χ1) is 14.8. The number of pyridine rings is 1. The molecule has 0 atom stereocenters. The van der Waals surface area contributed by atoms with Crippen molar-refractivity contribution in [1.82, 2.24) is 4.98 Å². The molecule has 4 aromatic rings. The number of benzene rings is 3. The van der Waals surface area contributed by atoms with Crippen molar-refractivity contribution in [2.24, 2.45) is 0 Å². The first kappa shape index (κ1) is 19.3. The maximum absolute atomic E-state index is 13.3. The average Bonchev–Trinajstić information content (AvgIpc) is 3.10. The van der Waals surface area contributed by atoms with Crippen molar-refractivity contribution in [2.45, 2.75) is 19.5 Å². The lowest BCUT2D eigenvalue weighted by Crippen LogP contribution is -2.21. The van der Waals surface area contributed by atoms with E-state index in [-0.39, 0.29) is 18.0 Å². The van der Waals surface area contributed by atoms with Gasteiger partial charge >= 0.3 is 6.18 Å². The van der Waals surface area contributed by atoms with Gasteiger partial charge in [0.2, 0.25) is 5.91 Å². The molecule has 0 unspecified atom stereocenters. The smallest absolute Gasteiger partial charge is 0.280 e. The van der Waals surface area contributed by atoms with Gasteiger partial charge in [-0.25, -0.2) is 0 Å². The van der Waals surface area contributed by atoms with E-state index in [4.69, 9.17) is 0 Å². The van der Waals surface area contributed by atoms with Crippen LogP contribution in [0, 0.1) is 6.92 Å². The van der Waals surface area contributed by atoms with Crippen LogP contribution in [0.4, 0.5) is 24.5 Å². The third-order valence-corrected chi connectivity index (χ3v) is 5.55. The van der Waals surface area contributed by atoms with E-state index in [1.807, 2.05) is 49.4 Å². The molecule has 0 spiro atoms. The third kappa shape index (κ3) is 3.34. The van der Waals surface area contributed by atoms with E-state index < -0.39 is 11.7 Å². The van der Waals surface area contributed by atoms with Crippen LogP contribution in [-0.2, 0) is 17.4 Å². The van der Waals surface area contributed by atoms with Gasteiger partial charge in [-0.1, -0.05) is 42.0 Å². The zero-order valence-corrected chi connectivity index (χ0v) is 16.6. The molecule has 3 aromatic carbocycles. The van der Waals surface area contributed by atoms with Crippen LogP contribution in [0.15, 0.2) is 72.9 Å². The molecular weight excluding hydrogens is 401 g/mol. The second-order valence-corrected chi connectivity index (χ2v) is 7.68. The van der Waals surface area contributed by atoms with Crippen LogP contribution in [-0.4, -0.2) is 10.9 Å². The number of fused-ring (bicyclic) bond motifs is 3. The minimum atomic E-state index is -4.49. The molecule has 0 radical (unpaired) electrons. The number of amides is 1. The largest absolute Gasteiger partial charge is 0.416 e. The van der Waals surface area contributed by atoms with Crippen molar-refractivity contribution in [1.29, 1.82) is 0 Å². The maximum Gasteiger partial charge on any atom is 0.416 e. The molecule has 1 amide bonds. The molecular formula is C25H17F3N2O. The summed E-state index contributed by atoms with van der Waals surface area (Å²) >= 11 is 0. The van der Waals surface area contributed by atoms with Crippen molar-refractivity contribution in [3.63, 3.8) is 0 Å². The van der Waals surface area contributed by atoms with Gasteiger partial charge in [0, 0.05) is 22.8 Å². The summed E-state index contributed by atoms with van der Waals surface area (Å²) in [5, 5.41) is 0.735. The second-order valence-electron chi connectivity index (χ2n) is 7.68. The Morgan fingerprint density at radius 3 is 2.42 bits per heavy atom. The normalized spacial score (nSPS) is 13.7. The van der Waals surface area contributed by atoms with Crippen molar-refractivity contribution in [3.8, 4) is 11.1 Å². The Bertz CT molecular complexity index is 1330. The molecule has 6 heteroatoms. The van der Waals surface area contributed by atoms with Crippen LogP contribution in [0.5, 0.6) is 0 Å². The third-order valence-electron chi connectivity index (χ3n) is 5.55. The SMILES string of the molecule is Cc1ccc(-c2ccc3ncc4c(c3c2)N(c2cccc(C(F)(F)F)c2)C(=O)C4)cc1. The van der Waals surface area contributed by atoms with Crippen LogP contribution >= 0.6 is 0 Å². The average molecular weight is 418 g/mol. The number of rotatable bonds is 2. The van der Waals surface area contributed by atoms with Gasteiger partial charge in [-0.05, 0) is 48.4 Å². The Labute approximate surface area is 176 Å². The summed E-state index contributed by atoms with van der Waals surface area (Å²) in [6.07, 6.45) is -2.75. The molecule has 0 saturated heterocycles. The van der Waals surface area contributed by atoms with Gasteiger partial charge < -0.3 is 0 Å². The van der Waals surface area contributed by atoms with Crippen LogP contribution in [0.25, 0.3) is 22.0 Å². The van der Waals surface area contributed by atoms with Gasteiger partial charge in [0.25, 0.3) is 0 Å². The highest BCUT2D eigenvalue weighted by atomic mass is 19.4. The molecule has 154 valence electrons. The number of carbonyl (C=O) groups is 1. The zero-order chi connectivity index (χ0) is 21.8. The Hall–Kier alpha value is -3.67. The van der Waals surface area contributed by atoms with Gasteiger partial charge in [0.1, 0.15) is 0 Å². The van der Waals surface area contributed by atoms with Gasteiger partial charge in [-0.15, -0.1) is 0 Å². The van der Waals surface area contributed by atoms with Crippen molar-refractivity contribution < 1.29 is 18.0 Å². The number of aryl methyl sites for hydroxylation is 1. The Kier molecular flexibility index (Phi) is 4.32. The molecule has 0 bridgehead atoms. The molecule has 0 saturated carbocycles. The molecule has 0 N–H and O–H groups in total. The number of hydrogen-bond donors (Lipinski definition) is 0. The minimum Gasteiger partial charge on any atom is -0.280 e. The number of hydrogen-bond acceptors (Lipinski definition) is 2. The predicted octanol–water partition coefficient (Wildman–Crippen LogP) is 6.45. The number of alkyl halides is 3. The highest BCUT2D eigenvalue weighted by molar-refractivity contribution is 6.14. The predicted molar refractivity (Wildman–Crippen MR) is 114 cm³/mol. The van der Waals surface area contributed by atoms with Crippen LogP contribution in [0.1, 0.15) is 16.7 Å². The molecule has 1 aliphatic rings. The zero-order valence-electron chi connectivity index (χ0n) is 16.6. The summed E-state index contributed by atoms with van der Waals surface area (Å²) in [5.74, 6) is -0.274. The number of aromatic nitrogens is 1. The first-order valence-corrected chi connectivity index (χ1v) is 9.80. The topological polar surface area (TPSA) is 33.2 Å². The fraction of sp³-hybridized carbons (Fsp3) is 0.120. The first-order valence-electron chi connectivity index (χ1n) is 9.80. The van der Waals surface area contributed by atoms with Crippen molar-refractivity contribution in [3.05, 3.63) is 89.6 Å². The Morgan fingerprint density at radius 1 is 0.935 bits per heavy atom. The van der Waals surface area contributed by atoms with E-state index in [1.165, 1.54) is 17.0 Å². The van der Waals surface area contributed by atoms with Gasteiger partial charge in [-0.2, -0.15) is 13.2 Å². The number of halogens is 3. The standard InChI is InChI=1S/C25H17F3N2O/c1-15-5-7-16(8-6-15)17-9-10-22-21(11-17)24-18(14-29-22)12-23(31)30(24)20-4-2-3-19(13-20)25(26,27)28/h2-11,13-14H,12H2,1H3. The Balaban J connectivity index is 1.70. The van der Waals surface area contributed by atoms with Gasteiger partial charge in [0.05, 0.1) is 23.2 Å². The molecule has 0 aliphatic carbocycles. The van der Waals surface area contributed by atoms with E-state index in [0.29, 0.717) is 16.8 Å². The van der Waals surface area contributed by atoms with Gasteiger partial charge in [-0.3, -0.25) is 14.7 Å². The summed E-state index contributed by atoms with van der Waals surface area (Å²) < 4.78 is 39.8. The highest BCUT2D eigenvalue weighted by Gasteiger charge is 2.34. The lowest BCUT2D eigenvalue weighted by molar-refractivity contribution is -0.137. The maximum atomic E-state index is 13.3. The molecule has 1 aromatic heterocycles. The molecule has 0 fully saturated rings. The van der Waals surface area contributed by atoms with Crippen molar-refractivity contribution in [2.75, 3.05) is 4.90 Å². The molecule has 2 heterocycles. The highest BCUT2D eigenvalue weighted by Crippen LogP contribution is 2.42. The molecule has 5 rings (SSSR count). The fourth-order valence-corrected chi connectivity index (χ4v) is 4.00. The van der Waals surface area contributed by atoms with Crippen LogP contribution in [0.3, 0.4) is 0 Å². The van der Waals surface area contributed by atoms with E-state index >= 15 is 0 Å². The summed E-state index contributed by atoms with van der Waals surface area (Å²) in [5.41, 5.74) is 4.51. The quantitative estimate of drug-likeness (QED) is 0.375. The molecule has 31 heavy (non-hydrogen) atoms. The number of nitrogens with zero attached hydrogens (tertiary/aromatic N) is 2. The molecule has 3 nitrogen and oxygen atoms in total. The molecule has 1 aliphatic heterocycles. The lowest BCUT2D eigenvalue weighted by Gasteiger charge is -2.21. The number of carbonyl (C=O) groups excluding carboxylic acids is 1. The fourth-order valence-electron chi connectivity index (χ4n) is 4.00. The Morgan fingerprint density at radius 2 is 1.68 bits per heavy atom. The summed E-state index contributed by atoms with van der Waals surface area (Å²) in [7, 11) is 0. The van der Waals surface area contributed by atoms with Crippen molar-refractivity contribution >= 4 is 28.2 Å². The lowest BCUT2D eigenvalue weighted by atomic mass is 10.0. The van der Waals surface area contributed by atoms with E-state index in [9.17, 15) is 18.0 Å². The second kappa shape index (κ2) is 6.94.